The van der Waals surface area contributed by atoms with E-state index >= 15 is 0 Å². The van der Waals surface area contributed by atoms with Crippen molar-refractivity contribution in [1.29, 1.82) is 0 Å². The Hall–Kier alpha value is -1.75. The van der Waals surface area contributed by atoms with Crippen molar-refractivity contribution >= 4 is 45.9 Å². The molecule has 3 nitrogen and oxygen atoms in total. The Labute approximate surface area is 135 Å². The molecule has 21 heavy (non-hydrogen) atoms. The number of hydrogen-bond acceptors (Lipinski definition) is 4. The molecule has 3 rings (SSSR count). The molecule has 0 radical (unpaired) electrons. The summed E-state index contributed by atoms with van der Waals surface area (Å²) in [5, 5.41) is 10.9. The van der Waals surface area contributed by atoms with E-state index in [2.05, 4.69) is 15.2 Å². The minimum absolute atomic E-state index is 0.583. The van der Waals surface area contributed by atoms with Crippen LogP contribution in [0.15, 0.2) is 53.5 Å². The zero-order valence-electron chi connectivity index (χ0n) is 10.7. The van der Waals surface area contributed by atoms with Crippen molar-refractivity contribution < 1.29 is 0 Å². The third-order valence-corrected chi connectivity index (χ3v) is 4.20. The summed E-state index contributed by atoms with van der Waals surface area (Å²) in [5.74, 6) is 0. The van der Waals surface area contributed by atoms with Gasteiger partial charge in [-0.25, -0.2) is 4.99 Å². The molecule has 0 unspecified atom stereocenters. The highest BCUT2D eigenvalue weighted by Gasteiger charge is 2.05. The zero-order valence-corrected chi connectivity index (χ0v) is 13.0. The Morgan fingerprint density at radius 1 is 0.952 bits per heavy atom. The van der Waals surface area contributed by atoms with Crippen LogP contribution in [-0.2, 0) is 0 Å². The maximum absolute atomic E-state index is 6.07. The van der Waals surface area contributed by atoms with Crippen LogP contribution < -0.4 is 0 Å². The highest BCUT2D eigenvalue weighted by atomic mass is 35.5. The van der Waals surface area contributed by atoms with Gasteiger partial charge in [0.15, 0.2) is 0 Å². The van der Waals surface area contributed by atoms with E-state index < -0.39 is 0 Å². The van der Waals surface area contributed by atoms with E-state index in [0.29, 0.717) is 15.2 Å². The number of aliphatic imine (C=N–C) groups is 1. The molecule has 6 heteroatoms. The van der Waals surface area contributed by atoms with E-state index in [1.165, 1.54) is 11.3 Å². The molecule has 0 fully saturated rings. The quantitative estimate of drug-likeness (QED) is 0.613. The first-order chi connectivity index (χ1) is 10.2. The number of rotatable bonds is 3. The summed E-state index contributed by atoms with van der Waals surface area (Å²) in [6.07, 6.45) is 1.69. The monoisotopic (exact) mass is 333 g/mol. The Kier molecular flexibility index (Phi) is 4.29. The van der Waals surface area contributed by atoms with Crippen molar-refractivity contribution in [1.82, 2.24) is 10.2 Å². The maximum Gasteiger partial charge on any atom is 0.231 e. The fraction of sp³-hybridized carbons (Fsp3) is 0. The average Bonchev–Trinajstić information content (AvgIpc) is 2.96. The van der Waals surface area contributed by atoms with Crippen molar-refractivity contribution in [2.24, 2.45) is 4.99 Å². The second-order valence-electron chi connectivity index (χ2n) is 4.18. The Morgan fingerprint density at radius 2 is 1.71 bits per heavy atom. The minimum Gasteiger partial charge on any atom is -0.226 e. The van der Waals surface area contributed by atoms with Gasteiger partial charge in [0.2, 0.25) is 5.13 Å². The van der Waals surface area contributed by atoms with Crippen LogP contribution >= 0.6 is 34.5 Å². The van der Waals surface area contributed by atoms with E-state index in [4.69, 9.17) is 23.2 Å². The van der Waals surface area contributed by atoms with Crippen LogP contribution in [0.3, 0.4) is 0 Å². The predicted molar refractivity (Wildman–Crippen MR) is 89.1 cm³/mol. The van der Waals surface area contributed by atoms with Crippen molar-refractivity contribution in [3.8, 4) is 10.6 Å². The largest absolute Gasteiger partial charge is 0.231 e. The molecule has 0 N–H and O–H groups in total. The number of halogens is 2. The van der Waals surface area contributed by atoms with Gasteiger partial charge in [-0.3, -0.25) is 0 Å². The van der Waals surface area contributed by atoms with Crippen LogP contribution in [0.5, 0.6) is 0 Å². The molecule has 0 bridgehead atoms. The summed E-state index contributed by atoms with van der Waals surface area (Å²) in [5.41, 5.74) is 1.82. The highest BCUT2D eigenvalue weighted by molar-refractivity contribution is 7.18. The number of aromatic nitrogens is 2. The first-order valence-corrected chi connectivity index (χ1v) is 7.68. The van der Waals surface area contributed by atoms with Gasteiger partial charge in [-0.2, -0.15) is 0 Å². The molecule has 0 atom stereocenters. The van der Waals surface area contributed by atoms with E-state index in [1.807, 2.05) is 48.5 Å². The summed E-state index contributed by atoms with van der Waals surface area (Å²) in [6, 6.07) is 15.0. The standard InChI is InChI=1S/C15H9Cl2N3S/c16-12-7-5-10(6-8-12)14-19-20-15(21-14)18-9-11-3-1-2-4-13(11)17/h1-9H/b18-9+. The molecular weight excluding hydrogens is 325 g/mol. The molecule has 0 aliphatic heterocycles. The average molecular weight is 334 g/mol. The van der Waals surface area contributed by atoms with E-state index in [1.54, 1.807) is 6.21 Å². The zero-order chi connectivity index (χ0) is 14.7. The number of hydrogen-bond donors (Lipinski definition) is 0. The van der Waals surface area contributed by atoms with Gasteiger partial charge in [0.1, 0.15) is 5.01 Å². The molecule has 0 saturated heterocycles. The molecule has 2 aromatic carbocycles. The molecule has 0 amide bonds. The van der Waals surface area contributed by atoms with Gasteiger partial charge in [-0.05, 0) is 18.2 Å². The molecule has 0 aliphatic rings. The molecule has 3 aromatic rings. The Balaban J connectivity index is 1.82. The molecule has 0 spiro atoms. The molecule has 104 valence electrons. The number of nitrogens with zero attached hydrogens (tertiary/aromatic N) is 3. The van der Waals surface area contributed by atoms with Crippen LogP contribution in [0.1, 0.15) is 5.56 Å². The normalized spacial score (nSPS) is 11.1. The number of benzene rings is 2. The first kappa shape index (κ1) is 14.2. The van der Waals surface area contributed by atoms with Crippen molar-refractivity contribution in [3.63, 3.8) is 0 Å². The van der Waals surface area contributed by atoms with Gasteiger partial charge in [0.25, 0.3) is 0 Å². The van der Waals surface area contributed by atoms with Crippen molar-refractivity contribution in [2.75, 3.05) is 0 Å². The summed E-state index contributed by atoms with van der Waals surface area (Å²) >= 11 is 13.3. The molecular formula is C15H9Cl2N3S. The second kappa shape index (κ2) is 6.35. The Bertz CT molecular complexity index is 782. The predicted octanol–water partition coefficient (Wildman–Crippen LogP) is 5.26. The van der Waals surface area contributed by atoms with Crippen molar-refractivity contribution in [2.45, 2.75) is 0 Å². The highest BCUT2D eigenvalue weighted by Crippen LogP contribution is 2.28. The lowest BCUT2D eigenvalue weighted by Gasteiger charge is -1.94. The van der Waals surface area contributed by atoms with Gasteiger partial charge in [-0.15, -0.1) is 10.2 Å². The summed E-state index contributed by atoms with van der Waals surface area (Å²) < 4.78 is 0. The van der Waals surface area contributed by atoms with Gasteiger partial charge in [0.05, 0.1) is 0 Å². The van der Waals surface area contributed by atoms with Gasteiger partial charge < -0.3 is 0 Å². The van der Waals surface area contributed by atoms with E-state index in [-0.39, 0.29) is 0 Å². The third-order valence-electron chi connectivity index (χ3n) is 2.72. The third kappa shape index (κ3) is 3.47. The van der Waals surface area contributed by atoms with Gasteiger partial charge in [-0.1, -0.05) is 64.9 Å². The van der Waals surface area contributed by atoms with E-state index in [9.17, 15) is 0 Å². The van der Waals surface area contributed by atoms with E-state index in [0.717, 1.165) is 16.1 Å². The molecule has 0 aliphatic carbocycles. The maximum atomic E-state index is 6.07. The van der Waals surface area contributed by atoms with Crippen LogP contribution in [0.4, 0.5) is 5.13 Å². The molecule has 0 saturated carbocycles. The molecule has 1 aromatic heterocycles. The first-order valence-electron chi connectivity index (χ1n) is 6.10. The van der Waals surface area contributed by atoms with Crippen LogP contribution in [0.2, 0.25) is 10.0 Å². The lowest BCUT2D eigenvalue weighted by Crippen LogP contribution is -1.80. The lowest BCUT2D eigenvalue weighted by atomic mass is 10.2. The summed E-state index contributed by atoms with van der Waals surface area (Å²) in [4.78, 5) is 4.31. The van der Waals surface area contributed by atoms with Crippen LogP contribution in [-0.4, -0.2) is 16.4 Å². The summed E-state index contributed by atoms with van der Waals surface area (Å²) in [6.45, 7) is 0. The lowest BCUT2D eigenvalue weighted by molar-refractivity contribution is 1.09. The minimum atomic E-state index is 0.583. The second-order valence-corrected chi connectivity index (χ2v) is 5.98. The van der Waals surface area contributed by atoms with Crippen molar-refractivity contribution in [3.05, 3.63) is 64.1 Å². The fourth-order valence-corrected chi connectivity index (χ4v) is 2.69. The topological polar surface area (TPSA) is 38.1 Å². The molecule has 1 heterocycles. The smallest absolute Gasteiger partial charge is 0.226 e. The van der Waals surface area contributed by atoms with Crippen LogP contribution in [0.25, 0.3) is 10.6 Å². The fourth-order valence-electron chi connectivity index (χ4n) is 1.68. The van der Waals surface area contributed by atoms with Crippen LogP contribution in [0, 0.1) is 0 Å². The van der Waals surface area contributed by atoms with Gasteiger partial charge >= 0.3 is 0 Å². The summed E-state index contributed by atoms with van der Waals surface area (Å²) in [7, 11) is 0. The van der Waals surface area contributed by atoms with Gasteiger partial charge in [0, 0.05) is 27.4 Å². The SMILES string of the molecule is Clc1ccc(-c2nnc(/N=C/c3ccccc3Cl)s2)cc1. The Morgan fingerprint density at radius 3 is 2.48 bits per heavy atom.